The summed E-state index contributed by atoms with van der Waals surface area (Å²) in [5.74, 6) is 2.90. The Balaban J connectivity index is 0.000000166. The van der Waals surface area contributed by atoms with Crippen molar-refractivity contribution in [1.82, 2.24) is 9.80 Å². The Morgan fingerprint density at radius 2 is 0.786 bits per heavy atom. The maximum atomic E-state index is 10.2. The van der Waals surface area contributed by atoms with Crippen LogP contribution in [0.2, 0.25) is 10.0 Å². The Labute approximate surface area is 423 Å². The lowest BCUT2D eigenvalue weighted by Gasteiger charge is -2.36. The highest BCUT2D eigenvalue weighted by Gasteiger charge is 2.23. The topological polar surface area (TPSA) is 134 Å². The first-order valence-corrected chi connectivity index (χ1v) is 24.6. The Kier molecular flexibility index (Phi) is 21.6. The zero-order valence-corrected chi connectivity index (χ0v) is 42.0. The van der Waals surface area contributed by atoms with E-state index >= 15 is 0 Å². The number of hydrogen-bond donors (Lipinski definition) is 4. The molecule has 3 unspecified atom stereocenters. The molecule has 0 aromatic heterocycles. The average molecular weight is 996 g/mol. The van der Waals surface area contributed by atoms with Crippen LogP contribution in [-0.4, -0.2) is 140 Å². The lowest BCUT2D eigenvalue weighted by atomic mass is 10.2. The van der Waals surface area contributed by atoms with Crippen molar-refractivity contribution in [1.29, 1.82) is 0 Å². The molecule has 0 aliphatic carbocycles. The number of hydrogen-bond acceptors (Lipinski definition) is 12. The van der Waals surface area contributed by atoms with Gasteiger partial charge in [-0.25, -0.2) is 0 Å². The van der Waals surface area contributed by atoms with Gasteiger partial charge in [-0.1, -0.05) is 76.3 Å². The second-order valence-electron chi connectivity index (χ2n) is 17.7. The first-order chi connectivity index (χ1) is 33.8. The normalized spacial score (nSPS) is 16.5. The van der Waals surface area contributed by atoms with E-state index in [2.05, 4.69) is 38.7 Å². The number of anilines is 2. The van der Waals surface area contributed by atoms with Crippen LogP contribution >= 0.6 is 23.2 Å². The molecule has 70 heavy (non-hydrogen) atoms. The molecule has 0 saturated carbocycles. The van der Waals surface area contributed by atoms with Crippen molar-refractivity contribution in [2.75, 3.05) is 102 Å². The molecule has 374 valence electrons. The number of halogens is 2. The van der Waals surface area contributed by atoms with Gasteiger partial charge in [-0.05, 0) is 130 Å². The molecule has 3 aliphatic rings. The van der Waals surface area contributed by atoms with Gasteiger partial charge in [0.1, 0.15) is 66.9 Å². The van der Waals surface area contributed by atoms with Crippen LogP contribution in [0.5, 0.6) is 28.7 Å². The number of phenols is 2. The molecule has 3 saturated heterocycles. The number of piperazine rings is 2. The molecule has 0 radical (unpaired) electrons. The summed E-state index contributed by atoms with van der Waals surface area (Å²) in [5.41, 5.74) is 6.01. The van der Waals surface area contributed by atoms with Gasteiger partial charge in [-0.3, -0.25) is 9.80 Å². The van der Waals surface area contributed by atoms with Crippen LogP contribution in [0.25, 0.3) is 0 Å². The Morgan fingerprint density at radius 1 is 0.471 bits per heavy atom. The zero-order chi connectivity index (χ0) is 49.7. The summed E-state index contributed by atoms with van der Waals surface area (Å²) in [6, 6.07) is 45.4. The first kappa shape index (κ1) is 53.6. The lowest BCUT2D eigenvalue weighted by molar-refractivity contribution is 0.0662. The van der Waals surface area contributed by atoms with E-state index in [9.17, 15) is 15.3 Å². The van der Waals surface area contributed by atoms with Crippen LogP contribution in [0.3, 0.4) is 0 Å². The van der Waals surface area contributed by atoms with Crippen LogP contribution in [0.4, 0.5) is 11.4 Å². The Hall–Kier alpha value is -5.70. The molecule has 0 amide bonds. The number of rotatable bonds is 15. The number of benzene rings is 6. The second-order valence-corrected chi connectivity index (χ2v) is 18.6. The molecular weight excluding hydrogens is 928 g/mol. The van der Waals surface area contributed by atoms with Crippen LogP contribution in [-0.2, 0) is 4.74 Å². The maximum Gasteiger partial charge on any atom is 0.119 e. The third kappa shape index (κ3) is 20.0. The van der Waals surface area contributed by atoms with Crippen LogP contribution in [0.1, 0.15) is 16.7 Å². The van der Waals surface area contributed by atoms with Gasteiger partial charge >= 0.3 is 0 Å². The second kappa shape index (κ2) is 28.2. The number of epoxide rings is 1. The monoisotopic (exact) mass is 994 g/mol. The van der Waals surface area contributed by atoms with E-state index < -0.39 is 12.2 Å². The highest BCUT2D eigenvalue weighted by molar-refractivity contribution is 6.30. The summed E-state index contributed by atoms with van der Waals surface area (Å²) in [4.78, 5) is 9.21. The van der Waals surface area contributed by atoms with Crippen molar-refractivity contribution < 1.29 is 39.4 Å². The van der Waals surface area contributed by atoms with E-state index in [4.69, 9.17) is 47.3 Å². The number of nitrogens with zero attached hydrogens (tertiary/aromatic N) is 4. The van der Waals surface area contributed by atoms with Gasteiger partial charge in [0, 0.05) is 86.9 Å². The number of ether oxygens (including phenoxy) is 4. The summed E-state index contributed by atoms with van der Waals surface area (Å²) in [6.07, 6.45) is -0.689. The molecule has 0 spiro atoms. The highest BCUT2D eigenvalue weighted by Crippen LogP contribution is 2.22. The summed E-state index contributed by atoms with van der Waals surface area (Å²) < 4.78 is 21.7. The number of aryl methyl sites for hydroxylation is 3. The molecule has 6 aromatic carbocycles. The fourth-order valence-corrected chi connectivity index (χ4v) is 7.73. The molecule has 3 fully saturated rings. The minimum absolute atomic E-state index is 0.200. The van der Waals surface area contributed by atoms with E-state index in [1.54, 1.807) is 36.4 Å². The number of aromatic hydroxyl groups is 2. The van der Waals surface area contributed by atoms with Crippen molar-refractivity contribution in [3.8, 4) is 28.7 Å². The van der Waals surface area contributed by atoms with Gasteiger partial charge in [0.25, 0.3) is 0 Å². The van der Waals surface area contributed by atoms with E-state index in [-0.39, 0.29) is 12.4 Å². The summed E-state index contributed by atoms with van der Waals surface area (Å²) >= 11 is 11.9. The molecule has 12 nitrogen and oxygen atoms in total. The van der Waals surface area contributed by atoms with Crippen molar-refractivity contribution >= 4 is 34.6 Å². The third-order valence-corrected chi connectivity index (χ3v) is 12.2. The minimum atomic E-state index is -0.545. The lowest BCUT2D eigenvalue weighted by Crippen LogP contribution is -2.49. The molecule has 4 N–H and O–H groups in total. The smallest absolute Gasteiger partial charge is 0.119 e. The fraction of sp³-hybridized carbons (Fsp3) is 0.357. The molecule has 3 heterocycles. The number of aliphatic hydroxyl groups excluding tert-OH is 2. The fourth-order valence-electron chi connectivity index (χ4n) is 7.48. The van der Waals surface area contributed by atoms with Crippen molar-refractivity contribution in [3.63, 3.8) is 0 Å². The Bertz CT molecular complexity index is 2220. The van der Waals surface area contributed by atoms with Crippen LogP contribution < -0.4 is 24.0 Å². The van der Waals surface area contributed by atoms with E-state index in [0.29, 0.717) is 43.9 Å². The maximum absolute atomic E-state index is 10.2. The van der Waals surface area contributed by atoms with Gasteiger partial charge in [0.05, 0.1) is 6.61 Å². The Morgan fingerprint density at radius 3 is 1.13 bits per heavy atom. The minimum Gasteiger partial charge on any atom is -0.508 e. The standard InChI is InChI=1S/C20H25ClN2O2.C19H23ClN2O3.C10H12O2.C7H8O/c1-16-2-8-20(9-3-16)25-15-19(24)14-22-10-12-23(13-11-22)18-6-4-17(21)5-7-18;20-15-1-3-16(4-2-15)22-11-9-21(10-12-22)13-18(24)14-25-19-7-5-17(23)6-8-19;1-8-2-4-9(5-3-8)11-6-10-7-12-10;1-6-2-4-7(8)5-3-6/h2-9,19,24H,10-15H2,1H3;1-8,18,23-24H,9-14H2;2-5,10H,6-7H2,1H3;2-5,8H,1H3. The average Bonchev–Trinajstić information content (AvgIpc) is 4.21. The molecule has 6 aromatic rings. The quantitative estimate of drug-likeness (QED) is 0.0731. The zero-order valence-electron chi connectivity index (χ0n) is 40.5. The predicted molar refractivity (Wildman–Crippen MR) is 282 cm³/mol. The van der Waals surface area contributed by atoms with Gasteiger partial charge < -0.3 is 49.2 Å². The molecule has 3 aliphatic heterocycles. The molecule has 14 heteroatoms. The summed E-state index contributed by atoms with van der Waals surface area (Å²) in [5, 5.41) is 39.9. The van der Waals surface area contributed by atoms with Crippen molar-refractivity contribution in [2.24, 2.45) is 0 Å². The van der Waals surface area contributed by atoms with Crippen LogP contribution in [0.15, 0.2) is 146 Å². The molecule has 0 bridgehead atoms. The van der Waals surface area contributed by atoms with Gasteiger partial charge in [-0.2, -0.15) is 0 Å². The first-order valence-electron chi connectivity index (χ1n) is 23.8. The summed E-state index contributed by atoms with van der Waals surface area (Å²) in [7, 11) is 0. The molecule has 3 atom stereocenters. The predicted octanol–water partition coefficient (Wildman–Crippen LogP) is 9.29. The van der Waals surface area contributed by atoms with E-state index in [1.807, 2.05) is 111 Å². The van der Waals surface area contributed by atoms with E-state index in [1.165, 1.54) is 28.1 Å². The van der Waals surface area contributed by atoms with Crippen molar-refractivity contribution in [3.05, 3.63) is 172 Å². The number of aliphatic hydroxyl groups is 2. The SMILES string of the molecule is Cc1ccc(O)cc1.Cc1ccc(OCC(O)CN2CCN(c3ccc(Cl)cc3)CC2)cc1.Cc1ccc(OCC2CO2)cc1.Oc1ccc(OCC(O)CN2CCN(c3ccc(Cl)cc3)CC2)cc1. The highest BCUT2D eigenvalue weighted by atomic mass is 35.5. The number of β-amino-alcohol motifs (C(OH)–C–C–N with tert-alkyl or cyclic N) is 2. The van der Waals surface area contributed by atoms with Gasteiger partial charge in [0.15, 0.2) is 0 Å². The van der Waals surface area contributed by atoms with E-state index in [0.717, 1.165) is 80.5 Å². The third-order valence-electron chi connectivity index (χ3n) is 11.7. The van der Waals surface area contributed by atoms with Crippen LogP contribution in [0, 0.1) is 20.8 Å². The largest absolute Gasteiger partial charge is 0.508 e. The molecular formula is C56H68Cl2N4O8. The summed E-state index contributed by atoms with van der Waals surface area (Å²) in [6.45, 7) is 16.8. The van der Waals surface area contributed by atoms with Gasteiger partial charge in [0.2, 0.25) is 0 Å². The van der Waals surface area contributed by atoms with Crippen molar-refractivity contribution in [2.45, 2.75) is 39.1 Å². The molecule has 9 rings (SSSR count). The number of phenolic OH excluding ortho intramolecular Hbond substituents is 2. The van der Waals surface area contributed by atoms with Gasteiger partial charge in [-0.15, -0.1) is 0 Å².